The van der Waals surface area contributed by atoms with Gasteiger partial charge in [-0.2, -0.15) is 4.39 Å². The first kappa shape index (κ1) is 22.9. The summed E-state index contributed by atoms with van der Waals surface area (Å²) >= 11 is 0. The number of carbonyl (C=O) groups excluding carboxylic acids is 1. The number of benzene rings is 2. The molecular weight excluding hydrogens is 464 g/mol. The molecule has 0 radical (unpaired) electrons. The predicted molar refractivity (Wildman–Crippen MR) is 134 cm³/mol. The van der Waals surface area contributed by atoms with Crippen LogP contribution in [0.3, 0.4) is 0 Å². The van der Waals surface area contributed by atoms with Gasteiger partial charge >= 0.3 is 0 Å². The number of hydrogen-bond acceptors (Lipinski definition) is 6. The van der Waals surface area contributed by atoms with Crippen LogP contribution in [-0.2, 0) is 11.2 Å². The SMILES string of the molecule is CN1CCOC2(C1)CN(c1ccc(-c3cc(-c4cc5c(cc4F)C(=O)NCC5)c(N)nc3F)cc1)C2. The molecule has 3 aliphatic rings. The molecule has 3 N–H and O–H groups in total. The Labute approximate surface area is 207 Å². The van der Waals surface area contributed by atoms with Crippen molar-refractivity contribution in [3.63, 3.8) is 0 Å². The highest BCUT2D eigenvalue weighted by Crippen LogP contribution is 2.37. The number of nitrogen functional groups attached to an aromatic ring is 1. The van der Waals surface area contributed by atoms with Crippen molar-refractivity contribution < 1.29 is 18.3 Å². The Morgan fingerprint density at radius 3 is 2.56 bits per heavy atom. The summed E-state index contributed by atoms with van der Waals surface area (Å²) in [4.78, 5) is 20.5. The summed E-state index contributed by atoms with van der Waals surface area (Å²) in [5.74, 6) is -1.73. The van der Waals surface area contributed by atoms with Crippen LogP contribution >= 0.6 is 0 Å². The monoisotopic (exact) mass is 491 g/mol. The van der Waals surface area contributed by atoms with Crippen molar-refractivity contribution in [2.24, 2.45) is 0 Å². The third-order valence-electron chi connectivity index (χ3n) is 7.35. The van der Waals surface area contributed by atoms with Gasteiger partial charge in [0, 0.05) is 47.6 Å². The van der Waals surface area contributed by atoms with Crippen LogP contribution in [0.25, 0.3) is 22.3 Å². The van der Waals surface area contributed by atoms with Gasteiger partial charge in [-0.3, -0.25) is 4.79 Å². The molecule has 0 saturated carbocycles. The highest BCUT2D eigenvalue weighted by molar-refractivity contribution is 5.97. The minimum atomic E-state index is -0.719. The standard InChI is InChI=1S/C27H27F2N5O2/c1-33-8-9-36-27(13-33)14-34(15-27)18-4-2-16(3-5-18)19-11-22(25(30)32-24(19)29)21-10-17-6-7-31-26(35)20(17)12-23(21)28/h2-5,10-12H,6-9,13-15H2,1H3,(H2,30,32)(H,31,35). The number of likely N-dealkylation sites (N-methyl/N-ethyl adjacent to an activating group) is 1. The van der Waals surface area contributed by atoms with Gasteiger partial charge in [0.05, 0.1) is 19.7 Å². The number of ether oxygens (including phenoxy) is 1. The molecule has 36 heavy (non-hydrogen) atoms. The van der Waals surface area contributed by atoms with Gasteiger partial charge in [-0.1, -0.05) is 12.1 Å². The maximum atomic E-state index is 15.0. The number of rotatable bonds is 3. The van der Waals surface area contributed by atoms with Crippen LogP contribution in [0.15, 0.2) is 42.5 Å². The fraction of sp³-hybridized carbons (Fsp3) is 0.333. The van der Waals surface area contributed by atoms with Gasteiger partial charge in [0.2, 0.25) is 5.95 Å². The van der Waals surface area contributed by atoms with Gasteiger partial charge < -0.3 is 25.6 Å². The molecular formula is C27H27F2N5O2. The number of anilines is 2. The molecule has 0 atom stereocenters. The fourth-order valence-electron chi connectivity index (χ4n) is 5.48. The van der Waals surface area contributed by atoms with Gasteiger partial charge in [-0.15, -0.1) is 0 Å². The highest BCUT2D eigenvalue weighted by atomic mass is 19.1. The summed E-state index contributed by atoms with van der Waals surface area (Å²) in [7, 11) is 2.11. The first-order chi connectivity index (χ1) is 17.3. The zero-order valence-electron chi connectivity index (χ0n) is 20.0. The van der Waals surface area contributed by atoms with Crippen molar-refractivity contribution in [3.8, 4) is 22.3 Å². The van der Waals surface area contributed by atoms with Crippen LogP contribution in [-0.4, -0.2) is 67.8 Å². The molecule has 7 nitrogen and oxygen atoms in total. The Kier molecular flexibility index (Phi) is 5.42. The van der Waals surface area contributed by atoms with Crippen molar-refractivity contribution in [2.75, 3.05) is 57.0 Å². The fourth-order valence-corrected chi connectivity index (χ4v) is 5.48. The second-order valence-corrected chi connectivity index (χ2v) is 9.93. The molecule has 0 unspecified atom stereocenters. The zero-order chi connectivity index (χ0) is 25.0. The van der Waals surface area contributed by atoms with Gasteiger partial charge in [-0.25, -0.2) is 9.37 Å². The quantitative estimate of drug-likeness (QED) is 0.548. The number of hydrogen-bond donors (Lipinski definition) is 2. The van der Waals surface area contributed by atoms with Crippen LogP contribution in [0, 0.1) is 11.8 Å². The number of aromatic nitrogens is 1. The molecule has 1 spiro atoms. The Morgan fingerprint density at radius 1 is 1.03 bits per heavy atom. The number of nitrogens with zero attached hydrogens (tertiary/aromatic N) is 3. The van der Waals surface area contributed by atoms with Crippen LogP contribution in [0.2, 0.25) is 0 Å². The molecule has 186 valence electrons. The summed E-state index contributed by atoms with van der Waals surface area (Å²) in [6.07, 6.45) is 0.580. The predicted octanol–water partition coefficient (Wildman–Crippen LogP) is 3.08. The van der Waals surface area contributed by atoms with Gasteiger partial charge in [-0.05, 0) is 54.9 Å². The van der Waals surface area contributed by atoms with E-state index < -0.39 is 11.8 Å². The number of fused-ring (bicyclic) bond motifs is 1. The Morgan fingerprint density at radius 2 is 1.81 bits per heavy atom. The van der Waals surface area contributed by atoms with E-state index in [9.17, 15) is 9.18 Å². The molecule has 4 heterocycles. The van der Waals surface area contributed by atoms with E-state index in [1.807, 2.05) is 24.3 Å². The number of nitrogens with two attached hydrogens (primary N) is 1. The second kappa shape index (κ2) is 8.53. The summed E-state index contributed by atoms with van der Waals surface area (Å²) < 4.78 is 36.0. The van der Waals surface area contributed by atoms with E-state index in [0.29, 0.717) is 29.7 Å². The molecule has 3 aliphatic heterocycles. The summed E-state index contributed by atoms with van der Waals surface area (Å²) in [6, 6.07) is 11.9. The van der Waals surface area contributed by atoms with Crippen molar-refractivity contribution >= 4 is 17.4 Å². The Bertz CT molecular complexity index is 1360. The lowest BCUT2D eigenvalue weighted by molar-refractivity contribution is -0.117. The van der Waals surface area contributed by atoms with E-state index in [1.165, 1.54) is 12.1 Å². The third kappa shape index (κ3) is 3.88. The van der Waals surface area contributed by atoms with Gasteiger partial charge in [0.15, 0.2) is 0 Å². The maximum absolute atomic E-state index is 15.0. The average molecular weight is 492 g/mol. The maximum Gasteiger partial charge on any atom is 0.251 e. The molecule has 2 fully saturated rings. The van der Waals surface area contributed by atoms with Crippen molar-refractivity contribution in [3.05, 3.63) is 65.4 Å². The average Bonchev–Trinajstić information content (AvgIpc) is 2.83. The number of pyridine rings is 1. The second-order valence-electron chi connectivity index (χ2n) is 9.93. The van der Waals surface area contributed by atoms with E-state index in [-0.39, 0.29) is 28.5 Å². The lowest BCUT2D eigenvalue weighted by Gasteiger charge is -2.54. The first-order valence-corrected chi connectivity index (χ1v) is 12.1. The van der Waals surface area contributed by atoms with E-state index in [1.54, 1.807) is 6.07 Å². The number of morpholine rings is 1. The molecule has 2 saturated heterocycles. The molecule has 6 rings (SSSR count). The molecule has 0 bridgehead atoms. The van der Waals surface area contributed by atoms with Gasteiger partial charge in [0.1, 0.15) is 17.2 Å². The molecule has 2 aromatic carbocycles. The minimum Gasteiger partial charge on any atom is -0.383 e. The largest absolute Gasteiger partial charge is 0.383 e. The lowest BCUT2D eigenvalue weighted by atomic mass is 9.91. The van der Waals surface area contributed by atoms with E-state index in [0.717, 1.165) is 44.0 Å². The van der Waals surface area contributed by atoms with E-state index in [2.05, 4.69) is 27.1 Å². The zero-order valence-corrected chi connectivity index (χ0v) is 20.0. The summed E-state index contributed by atoms with van der Waals surface area (Å²) in [5, 5.41) is 2.71. The van der Waals surface area contributed by atoms with E-state index >= 15 is 4.39 Å². The third-order valence-corrected chi connectivity index (χ3v) is 7.35. The number of amides is 1. The van der Waals surface area contributed by atoms with Crippen molar-refractivity contribution in [1.82, 2.24) is 15.2 Å². The summed E-state index contributed by atoms with van der Waals surface area (Å²) in [6.45, 7) is 4.71. The molecule has 0 aliphatic carbocycles. The lowest BCUT2D eigenvalue weighted by Crippen LogP contribution is -2.70. The molecule has 9 heteroatoms. The van der Waals surface area contributed by atoms with Crippen molar-refractivity contribution in [2.45, 2.75) is 12.0 Å². The first-order valence-electron chi connectivity index (χ1n) is 12.1. The Balaban J connectivity index is 1.28. The molecule has 1 amide bonds. The smallest absolute Gasteiger partial charge is 0.251 e. The van der Waals surface area contributed by atoms with Crippen LogP contribution < -0.4 is 16.0 Å². The molecule has 1 aromatic heterocycles. The highest BCUT2D eigenvalue weighted by Gasteiger charge is 2.46. The summed E-state index contributed by atoms with van der Waals surface area (Å²) in [5.41, 5.74) is 9.32. The normalized spacial score (nSPS) is 19.1. The topological polar surface area (TPSA) is 83.7 Å². The minimum absolute atomic E-state index is 0.102. The number of carbonyl (C=O) groups is 1. The number of halogens is 2. The van der Waals surface area contributed by atoms with Crippen LogP contribution in [0.5, 0.6) is 0 Å². The van der Waals surface area contributed by atoms with Crippen LogP contribution in [0.1, 0.15) is 15.9 Å². The van der Waals surface area contributed by atoms with Crippen LogP contribution in [0.4, 0.5) is 20.3 Å². The Hall–Kier alpha value is -3.56. The van der Waals surface area contributed by atoms with Gasteiger partial charge in [0.25, 0.3) is 5.91 Å². The molecule has 3 aromatic rings. The van der Waals surface area contributed by atoms with Crippen molar-refractivity contribution in [1.29, 1.82) is 0 Å². The number of nitrogens with one attached hydrogen (secondary N) is 1. The van der Waals surface area contributed by atoms with E-state index in [4.69, 9.17) is 10.5 Å².